The summed E-state index contributed by atoms with van der Waals surface area (Å²) in [5, 5.41) is 0. The van der Waals surface area contributed by atoms with Gasteiger partial charge >= 0.3 is 173 Å². The van der Waals surface area contributed by atoms with Gasteiger partial charge in [0.1, 0.15) is 0 Å². The van der Waals surface area contributed by atoms with Crippen molar-refractivity contribution in [3.8, 4) is 0 Å². The Hall–Kier alpha value is -3.08. The van der Waals surface area contributed by atoms with Crippen molar-refractivity contribution in [2.45, 2.75) is 19.5 Å². The minimum absolute atomic E-state index is 0.167. The molecule has 6 heteroatoms. The summed E-state index contributed by atoms with van der Waals surface area (Å²) in [6.07, 6.45) is 10.2. The van der Waals surface area contributed by atoms with E-state index in [-0.39, 0.29) is 31.6 Å². The number of hydrogen-bond acceptors (Lipinski definition) is 5. The van der Waals surface area contributed by atoms with E-state index in [1.165, 1.54) is 15.7 Å². The van der Waals surface area contributed by atoms with Crippen LogP contribution in [0.2, 0.25) is 0 Å². The van der Waals surface area contributed by atoms with Crippen LogP contribution in [0.15, 0.2) is 71.7 Å². The molecular formula is C23H15N3O2Se. The Morgan fingerprint density at radius 2 is 1.72 bits per heavy atom. The number of rotatable bonds is 2. The van der Waals surface area contributed by atoms with Gasteiger partial charge in [-0.05, 0) is 0 Å². The summed E-state index contributed by atoms with van der Waals surface area (Å²) >= 11 is 0.263. The Morgan fingerprint density at radius 3 is 2.52 bits per heavy atom. The predicted octanol–water partition coefficient (Wildman–Crippen LogP) is 3.22. The van der Waals surface area contributed by atoms with Gasteiger partial charge in [-0.2, -0.15) is 0 Å². The molecule has 6 rings (SSSR count). The van der Waals surface area contributed by atoms with Crippen LogP contribution >= 0.6 is 0 Å². The Bertz CT molecular complexity index is 1290. The van der Waals surface area contributed by atoms with Gasteiger partial charge in [-0.1, -0.05) is 0 Å². The molecule has 2 aliphatic carbocycles. The molecule has 0 fully saturated rings. The van der Waals surface area contributed by atoms with Crippen molar-refractivity contribution in [2.24, 2.45) is 0 Å². The first-order valence-electron chi connectivity index (χ1n) is 9.45. The van der Waals surface area contributed by atoms with Crippen molar-refractivity contribution >= 4 is 36.0 Å². The van der Waals surface area contributed by atoms with E-state index in [4.69, 9.17) is 0 Å². The molecule has 0 unspecified atom stereocenters. The fourth-order valence-electron chi connectivity index (χ4n) is 4.27. The number of allylic oxidation sites excluding steroid dienone is 5. The van der Waals surface area contributed by atoms with Crippen LogP contribution in [-0.2, 0) is 13.1 Å². The number of aromatic nitrogens is 2. The summed E-state index contributed by atoms with van der Waals surface area (Å²) in [4.78, 5) is 36.6. The maximum atomic E-state index is 12.6. The Kier molecular flexibility index (Phi) is 3.60. The number of fused-ring (bicyclic) bond motifs is 4. The third kappa shape index (κ3) is 2.53. The van der Waals surface area contributed by atoms with Crippen LogP contribution in [0.1, 0.15) is 37.1 Å². The molecule has 1 aromatic carbocycles. The summed E-state index contributed by atoms with van der Waals surface area (Å²) in [5.41, 5.74) is 5.93. The van der Waals surface area contributed by atoms with Crippen molar-refractivity contribution in [3.05, 3.63) is 92.9 Å². The van der Waals surface area contributed by atoms with Crippen LogP contribution in [0.5, 0.6) is 0 Å². The normalized spacial score (nSPS) is 17.7. The maximum absolute atomic E-state index is 12.6. The predicted molar refractivity (Wildman–Crippen MR) is 110 cm³/mol. The van der Waals surface area contributed by atoms with Crippen LogP contribution in [-0.4, -0.2) is 40.9 Å². The number of carbonyl (C=O) groups excluding carboxylic acids is 2. The van der Waals surface area contributed by atoms with E-state index in [2.05, 4.69) is 20.9 Å². The molecule has 140 valence electrons. The van der Waals surface area contributed by atoms with Crippen molar-refractivity contribution < 1.29 is 9.59 Å². The second kappa shape index (κ2) is 6.21. The monoisotopic (exact) mass is 445 g/mol. The number of benzene rings is 1. The van der Waals surface area contributed by atoms with E-state index < -0.39 is 0 Å². The molecule has 3 aromatic rings. The van der Waals surface area contributed by atoms with E-state index in [1.807, 2.05) is 6.08 Å². The van der Waals surface area contributed by atoms with Crippen LogP contribution < -0.4 is 0 Å². The average Bonchev–Trinajstić information content (AvgIpc) is 3.48. The molecule has 0 spiro atoms. The summed E-state index contributed by atoms with van der Waals surface area (Å²) in [6.45, 7) is 1.77. The molecule has 0 saturated carbocycles. The van der Waals surface area contributed by atoms with Crippen molar-refractivity contribution in [1.29, 1.82) is 0 Å². The van der Waals surface area contributed by atoms with Gasteiger partial charge in [0.05, 0.1) is 0 Å². The quantitative estimate of drug-likeness (QED) is 0.345. The van der Waals surface area contributed by atoms with E-state index in [9.17, 15) is 9.59 Å². The van der Waals surface area contributed by atoms with Gasteiger partial charge in [-0.3, -0.25) is 0 Å². The molecule has 0 saturated heterocycles. The Labute approximate surface area is 172 Å². The zero-order valence-corrected chi connectivity index (χ0v) is 17.1. The third-order valence-electron chi connectivity index (χ3n) is 5.71. The topological polar surface area (TPSA) is 63.2 Å². The second-order valence-electron chi connectivity index (χ2n) is 7.41. The molecule has 29 heavy (non-hydrogen) atoms. The molecule has 2 aromatic heterocycles. The van der Waals surface area contributed by atoms with E-state index in [0.717, 1.165) is 35.0 Å². The zero-order chi connectivity index (χ0) is 19.5. The van der Waals surface area contributed by atoms with Crippen molar-refractivity contribution in [3.63, 3.8) is 0 Å². The molecule has 0 amide bonds. The molecule has 3 heterocycles. The van der Waals surface area contributed by atoms with Gasteiger partial charge in [0.25, 0.3) is 0 Å². The summed E-state index contributed by atoms with van der Waals surface area (Å²) < 4.78 is 2.61. The van der Waals surface area contributed by atoms with Gasteiger partial charge in [-0.25, -0.2) is 0 Å². The van der Waals surface area contributed by atoms with E-state index in [1.54, 1.807) is 42.7 Å². The summed E-state index contributed by atoms with van der Waals surface area (Å²) in [5.74, 6) is -0.334. The fraction of sp³-hybridized carbons (Fsp3) is 0.130. The zero-order valence-electron chi connectivity index (χ0n) is 15.4. The van der Waals surface area contributed by atoms with Gasteiger partial charge in [0.15, 0.2) is 0 Å². The first-order chi connectivity index (χ1) is 14.2. The van der Waals surface area contributed by atoms with Crippen LogP contribution in [0.4, 0.5) is 0 Å². The summed E-state index contributed by atoms with van der Waals surface area (Å²) in [6, 6.07) is 7.04. The minimum atomic E-state index is -0.167. The molecule has 5 nitrogen and oxygen atoms in total. The molecule has 3 aliphatic rings. The summed E-state index contributed by atoms with van der Waals surface area (Å²) in [7, 11) is 0. The Morgan fingerprint density at radius 1 is 0.966 bits per heavy atom. The molecule has 0 radical (unpaired) electrons. The first kappa shape index (κ1) is 16.8. The van der Waals surface area contributed by atoms with Crippen LogP contribution in [0, 0.1) is 0 Å². The van der Waals surface area contributed by atoms with Crippen LogP contribution in [0.3, 0.4) is 0 Å². The number of ketones is 2. The van der Waals surface area contributed by atoms with E-state index >= 15 is 0 Å². The number of carbonyl (C=O) groups is 2. The first-order valence-corrected chi connectivity index (χ1v) is 11.2. The van der Waals surface area contributed by atoms with Crippen LogP contribution in [0.25, 0.3) is 9.91 Å². The molecule has 0 atom stereocenters. The third-order valence-corrected chi connectivity index (χ3v) is 8.04. The SMILES string of the molecule is O=C1C(=CC2=CC=C(N3Cc4[se]c5nccnc5c4C3)C2)C(=O)c2ccccc21. The van der Waals surface area contributed by atoms with Gasteiger partial charge in [-0.15, -0.1) is 0 Å². The molecule has 0 N–H and O–H groups in total. The standard InChI is InChI=1S/C23H15N3O2Se/c27-21-15-3-1-2-4-16(15)22(28)17(21)10-13-5-6-14(9-13)26-11-18-19(12-26)29-23-20(18)24-7-8-25-23/h1-8,10H,9,11-12H2. The van der Waals surface area contributed by atoms with Crippen molar-refractivity contribution in [1.82, 2.24) is 14.9 Å². The average molecular weight is 444 g/mol. The number of hydrogen-bond donors (Lipinski definition) is 0. The number of Topliss-reactive ketones (excluding diaryl/α,β-unsaturated/α-hetero) is 2. The number of nitrogens with zero attached hydrogens (tertiary/aromatic N) is 3. The van der Waals surface area contributed by atoms with E-state index in [0.29, 0.717) is 11.1 Å². The Balaban J connectivity index is 1.21. The van der Waals surface area contributed by atoms with Gasteiger partial charge < -0.3 is 0 Å². The van der Waals surface area contributed by atoms with Crippen molar-refractivity contribution in [2.75, 3.05) is 0 Å². The molecule has 0 bridgehead atoms. The van der Waals surface area contributed by atoms with Gasteiger partial charge in [0.2, 0.25) is 0 Å². The molecular weight excluding hydrogens is 429 g/mol. The van der Waals surface area contributed by atoms with Gasteiger partial charge in [0, 0.05) is 0 Å². The molecule has 1 aliphatic heterocycles. The fourth-order valence-corrected chi connectivity index (χ4v) is 6.63. The second-order valence-corrected chi connectivity index (χ2v) is 9.68.